The number of carbonyl (C=O) groups is 1. The molecule has 1 aromatic rings. The summed E-state index contributed by atoms with van der Waals surface area (Å²) in [5, 5.41) is 0. The van der Waals surface area contributed by atoms with E-state index in [1.807, 2.05) is 18.2 Å². The Morgan fingerprint density at radius 1 is 1.30 bits per heavy atom. The Morgan fingerprint density at radius 3 is 2.75 bits per heavy atom. The summed E-state index contributed by atoms with van der Waals surface area (Å²) in [4.78, 5) is 14.4. The summed E-state index contributed by atoms with van der Waals surface area (Å²) < 4.78 is 5.22. The summed E-state index contributed by atoms with van der Waals surface area (Å²) in [6.07, 6.45) is 5.43. The number of aryl methyl sites for hydroxylation is 1. The van der Waals surface area contributed by atoms with Crippen LogP contribution in [0.25, 0.3) is 0 Å². The smallest absolute Gasteiger partial charge is 0.222 e. The minimum Gasteiger partial charge on any atom is -0.497 e. The third kappa shape index (κ3) is 2.82. The first-order chi connectivity index (χ1) is 9.76. The van der Waals surface area contributed by atoms with E-state index in [0.717, 1.165) is 37.1 Å². The molecule has 3 nitrogen and oxygen atoms in total. The van der Waals surface area contributed by atoms with Crippen molar-refractivity contribution in [2.75, 3.05) is 20.2 Å². The van der Waals surface area contributed by atoms with Gasteiger partial charge in [0, 0.05) is 19.5 Å². The number of nitrogens with zero attached hydrogens (tertiary/aromatic N) is 1. The summed E-state index contributed by atoms with van der Waals surface area (Å²) in [7, 11) is 1.67. The van der Waals surface area contributed by atoms with Crippen molar-refractivity contribution in [1.82, 2.24) is 4.90 Å². The maximum atomic E-state index is 12.3. The molecule has 3 heteroatoms. The van der Waals surface area contributed by atoms with Crippen LogP contribution in [0.4, 0.5) is 0 Å². The lowest BCUT2D eigenvalue weighted by molar-refractivity contribution is -0.130. The molecule has 1 aliphatic carbocycles. The Bertz CT molecular complexity index is 474. The van der Waals surface area contributed by atoms with Crippen molar-refractivity contribution in [3.05, 3.63) is 29.8 Å². The lowest BCUT2D eigenvalue weighted by Crippen LogP contribution is -2.29. The van der Waals surface area contributed by atoms with Crippen molar-refractivity contribution < 1.29 is 9.53 Å². The van der Waals surface area contributed by atoms with Crippen molar-refractivity contribution in [3.8, 4) is 5.75 Å². The Labute approximate surface area is 120 Å². The van der Waals surface area contributed by atoms with Gasteiger partial charge in [0.15, 0.2) is 0 Å². The van der Waals surface area contributed by atoms with Gasteiger partial charge < -0.3 is 9.64 Å². The average molecular weight is 273 g/mol. The van der Waals surface area contributed by atoms with E-state index in [9.17, 15) is 4.79 Å². The van der Waals surface area contributed by atoms with Gasteiger partial charge >= 0.3 is 0 Å². The summed E-state index contributed by atoms with van der Waals surface area (Å²) >= 11 is 0. The topological polar surface area (TPSA) is 29.5 Å². The molecule has 1 amide bonds. The lowest BCUT2D eigenvalue weighted by Gasteiger charge is -2.17. The molecule has 1 aliphatic heterocycles. The Balaban J connectivity index is 1.52. The van der Waals surface area contributed by atoms with Gasteiger partial charge in [-0.15, -0.1) is 0 Å². The molecule has 1 saturated heterocycles. The summed E-state index contributed by atoms with van der Waals surface area (Å²) in [6, 6.07) is 8.01. The van der Waals surface area contributed by atoms with Crippen molar-refractivity contribution in [3.63, 3.8) is 0 Å². The van der Waals surface area contributed by atoms with E-state index >= 15 is 0 Å². The summed E-state index contributed by atoms with van der Waals surface area (Å²) in [6.45, 7) is 2.00. The van der Waals surface area contributed by atoms with Gasteiger partial charge in [0.2, 0.25) is 5.91 Å². The zero-order valence-electron chi connectivity index (χ0n) is 12.2. The van der Waals surface area contributed by atoms with Crippen LogP contribution in [0.5, 0.6) is 5.75 Å². The zero-order valence-corrected chi connectivity index (χ0v) is 12.2. The number of rotatable bonds is 4. The van der Waals surface area contributed by atoms with Gasteiger partial charge in [-0.2, -0.15) is 0 Å². The average Bonchev–Trinajstić information content (AvgIpc) is 3.06. The van der Waals surface area contributed by atoms with Crippen LogP contribution < -0.4 is 4.74 Å². The third-order valence-corrected chi connectivity index (χ3v) is 4.84. The first-order valence-corrected chi connectivity index (χ1v) is 7.67. The molecule has 0 aromatic heterocycles. The van der Waals surface area contributed by atoms with Crippen LogP contribution in [0.3, 0.4) is 0 Å². The third-order valence-electron chi connectivity index (χ3n) is 4.84. The highest BCUT2D eigenvalue weighted by Crippen LogP contribution is 2.37. The molecule has 2 fully saturated rings. The molecule has 0 radical (unpaired) electrons. The molecule has 2 atom stereocenters. The maximum absolute atomic E-state index is 12.3. The van der Waals surface area contributed by atoms with Crippen LogP contribution in [-0.4, -0.2) is 31.0 Å². The first kappa shape index (κ1) is 13.5. The molecule has 0 N–H and O–H groups in total. The fourth-order valence-corrected chi connectivity index (χ4v) is 3.68. The highest BCUT2D eigenvalue weighted by Gasteiger charge is 2.37. The highest BCUT2D eigenvalue weighted by atomic mass is 16.5. The predicted molar refractivity (Wildman–Crippen MR) is 78.7 cm³/mol. The fourth-order valence-electron chi connectivity index (χ4n) is 3.68. The largest absolute Gasteiger partial charge is 0.497 e. The van der Waals surface area contributed by atoms with Crippen LogP contribution in [0.2, 0.25) is 0 Å². The number of benzene rings is 1. The van der Waals surface area contributed by atoms with Crippen molar-refractivity contribution >= 4 is 5.91 Å². The quantitative estimate of drug-likeness (QED) is 0.844. The maximum Gasteiger partial charge on any atom is 0.222 e. The number of hydrogen-bond donors (Lipinski definition) is 0. The van der Waals surface area contributed by atoms with Gasteiger partial charge in [-0.25, -0.2) is 0 Å². The van der Waals surface area contributed by atoms with Gasteiger partial charge in [-0.05, 0) is 48.8 Å². The Kier molecular flexibility index (Phi) is 3.95. The first-order valence-electron chi connectivity index (χ1n) is 7.67. The molecular formula is C17H23NO2. The van der Waals surface area contributed by atoms with Crippen LogP contribution in [0, 0.1) is 11.8 Å². The molecule has 0 bridgehead atoms. The summed E-state index contributed by atoms with van der Waals surface area (Å²) in [5.41, 5.74) is 1.18. The van der Waals surface area contributed by atoms with Crippen LogP contribution in [-0.2, 0) is 11.2 Å². The number of likely N-dealkylation sites (tertiary alicyclic amines) is 1. The molecule has 1 aromatic carbocycles. The van der Waals surface area contributed by atoms with E-state index in [-0.39, 0.29) is 0 Å². The fraction of sp³-hybridized carbons (Fsp3) is 0.588. The Hall–Kier alpha value is -1.51. The second kappa shape index (κ2) is 5.86. The van der Waals surface area contributed by atoms with E-state index in [0.29, 0.717) is 12.3 Å². The number of methoxy groups -OCH3 is 1. The summed E-state index contributed by atoms with van der Waals surface area (Å²) in [5.74, 6) is 2.76. The normalized spacial score (nSPS) is 24.8. The molecule has 1 saturated carbocycles. The molecule has 2 unspecified atom stereocenters. The number of ether oxygens (including phenoxy) is 1. The predicted octanol–water partition coefficient (Wildman–Crippen LogP) is 2.89. The van der Waals surface area contributed by atoms with Crippen molar-refractivity contribution in [1.29, 1.82) is 0 Å². The molecule has 1 heterocycles. The highest BCUT2D eigenvalue weighted by molar-refractivity contribution is 5.76. The van der Waals surface area contributed by atoms with Gasteiger partial charge in [0.25, 0.3) is 0 Å². The van der Waals surface area contributed by atoms with Gasteiger partial charge in [-0.3, -0.25) is 4.79 Å². The van der Waals surface area contributed by atoms with Gasteiger partial charge in [0.05, 0.1) is 7.11 Å². The standard InChI is InChI=1S/C17H23NO2/c1-20-16-7-2-4-13(10-16)8-9-17(19)18-11-14-5-3-6-15(14)12-18/h2,4,7,10,14-15H,3,5-6,8-9,11-12H2,1H3. The lowest BCUT2D eigenvalue weighted by atomic mass is 10.0. The Morgan fingerprint density at radius 2 is 2.05 bits per heavy atom. The minimum atomic E-state index is 0.321. The van der Waals surface area contributed by atoms with Gasteiger partial charge in [-0.1, -0.05) is 18.6 Å². The number of hydrogen-bond acceptors (Lipinski definition) is 2. The van der Waals surface area contributed by atoms with Crippen LogP contribution in [0.1, 0.15) is 31.2 Å². The molecule has 3 rings (SSSR count). The van der Waals surface area contributed by atoms with E-state index in [2.05, 4.69) is 11.0 Å². The number of carbonyl (C=O) groups excluding carboxylic acids is 1. The monoisotopic (exact) mass is 273 g/mol. The molecule has 20 heavy (non-hydrogen) atoms. The zero-order chi connectivity index (χ0) is 13.9. The van der Waals surface area contributed by atoms with E-state index in [1.165, 1.54) is 24.8 Å². The van der Waals surface area contributed by atoms with E-state index in [4.69, 9.17) is 4.74 Å². The SMILES string of the molecule is COc1cccc(CCC(=O)N2CC3CCCC3C2)c1. The van der Waals surface area contributed by atoms with Crippen LogP contribution in [0.15, 0.2) is 24.3 Å². The molecule has 108 valence electrons. The molecule has 2 aliphatic rings. The number of fused-ring (bicyclic) bond motifs is 1. The molecule has 0 spiro atoms. The van der Waals surface area contributed by atoms with Crippen LogP contribution >= 0.6 is 0 Å². The second-order valence-corrected chi connectivity index (χ2v) is 6.10. The number of amides is 1. The van der Waals surface area contributed by atoms with Crippen molar-refractivity contribution in [2.24, 2.45) is 11.8 Å². The van der Waals surface area contributed by atoms with E-state index in [1.54, 1.807) is 7.11 Å². The van der Waals surface area contributed by atoms with Gasteiger partial charge in [0.1, 0.15) is 5.75 Å². The van der Waals surface area contributed by atoms with E-state index < -0.39 is 0 Å². The minimum absolute atomic E-state index is 0.321. The second-order valence-electron chi connectivity index (χ2n) is 6.10. The molecular weight excluding hydrogens is 250 g/mol. The van der Waals surface area contributed by atoms with Crippen molar-refractivity contribution in [2.45, 2.75) is 32.1 Å².